The summed E-state index contributed by atoms with van der Waals surface area (Å²) in [6, 6.07) is 6.77. The highest BCUT2D eigenvalue weighted by Gasteiger charge is 2.16. The molecule has 1 unspecified atom stereocenters. The maximum absolute atomic E-state index is 13.0. The van der Waals surface area contributed by atoms with Gasteiger partial charge in [-0.25, -0.2) is 4.39 Å². The number of likely N-dealkylation sites (N-methyl/N-ethyl adjacent to an activating group) is 1. The van der Waals surface area contributed by atoms with Gasteiger partial charge in [0.1, 0.15) is 5.82 Å². The number of nitrogens with one attached hydrogen (secondary N) is 2. The molecular weight excluding hydrogens is 394 g/mol. The molecule has 0 aliphatic rings. The monoisotopic (exact) mass is 422 g/mol. The molecule has 0 fully saturated rings. The van der Waals surface area contributed by atoms with Crippen molar-refractivity contribution in [2.45, 2.75) is 32.4 Å². The molecule has 0 saturated heterocycles. The summed E-state index contributed by atoms with van der Waals surface area (Å²) in [6.07, 6.45) is 0. The van der Waals surface area contributed by atoms with Gasteiger partial charge >= 0.3 is 0 Å². The van der Waals surface area contributed by atoms with Gasteiger partial charge in [-0.05, 0) is 52.6 Å². The molecule has 0 radical (unpaired) electrons. The van der Waals surface area contributed by atoms with E-state index < -0.39 is 0 Å². The van der Waals surface area contributed by atoms with E-state index in [1.165, 1.54) is 12.1 Å². The zero-order chi connectivity index (χ0) is 16.0. The molecule has 22 heavy (non-hydrogen) atoms. The highest BCUT2D eigenvalue weighted by molar-refractivity contribution is 14.0. The van der Waals surface area contributed by atoms with Crippen LogP contribution in [0.4, 0.5) is 4.39 Å². The number of hydrogen-bond donors (Lipinski definition) is 2. The van der Waals surface area contributed by atoms with Crippen LogP contribution in [0.1, 0.15) is 32.4 Å². The maximum atomic E-state index is 13.0. The van der Waals surface area contributed by atoms with Crippen LogP contribution in [-0.4, -0.2) is 44.1 Å². The molecule has 0 bridgehead atoms. The molecule has 6 heteroatoms. The minimum absolute atomic E-state index is 0. The molecule has 0 heterocycles. The van der Waals surface area contributed by atoms with Crippen LogP contribution < -0.4 is 10.6 Å². The van der Waals surface area contributed by atoms with Crippen LogP contribution in [0.3, 0.4) is 0 Å². The Labute approximate surface area is 150 Å². The van der Waals surface area contributed by atoms with Crippen molar-refractivity contribution in [3.63, 3.8) is 0 Å². The van der Waals surface area contributed by atoms with Gasteiger partial charge in [-0.3, -0.25) is 4.99 Å². The van der Waals surface area contributed by atoms with E-state index in [4.69, 9.17) is 0 Å². The SMILES string of the molecule is CN=C(NCC(c1ccc(F)cc1)N(C)C)NC(C)(C)C.I. The summed E-state index contributed by atoms with van der Waals surface area (Å²) in [5.41, 5.74) is 1.02. The molecule has 0 aromatic heterocycles. The number of nitrogens with zero attached hydrogens (tertiary/aromatic N) is 2. The van der Waals surface area contributed by atoms with E-state index in [2.05, 4.69) is 41.3 Å². The first kappa shape index (κ1) is 21.1. The summed E-state index contributed by atoms with van der Waals surface area (Å²) < 4.78 is 13.0. The zero-order valence-corrected chi connectivity index (χ0v) is 16.6. The number of hydrogen-bond acceptors (Lipinski definition) is 2. The van der Waals surface area contributed by atoms with E-state index in [9.17, 15) is 4.39 Å². The second kappa shape index (κ2) is 9.29. The summed E-state index contributed by atoms with van der Waals surface area (Å²) in [5.74, 6) is 0.547. The molecule has 0 aliphatic heterocycles. The fraction of sp³-hybridized carbons (Fsp3) is 0.562. The van der Waals surface area contributed by atoms with Crippen molar-refractivity contribution >= 4 is 29.9 Å². The number of halogens is 2. The predicted molar refractivity (Wildman–Crippen MR) is 102 cm³/mol. The van der Waals surface area contributed by atoms with Crippen molar-refractivity contribution in [1.29, 1.82) is 0 Å². The Bertz CT molecular complexity index is 466. The summed E-state index contributed by atoms with van der Waals surface area (Å²) in [6.45, 7) is 6.95. The fourth-order valence-electron chi connectivity index (χ4n) is 2.01. The van der Waals surface area contributed by atoms with E-state index in [1.807, 2.05) is 26.2 Å². The molecule has 2 N–H and O–H groups in total. The smallest absolute Gasteiger partial charge is 0.191 e. The van der Waals surface area contributed by atoms with Crippen LogP contribution in [0.2, 0.25) is 0 Å². The Morgan fingerprint density at radius 2 is 1.77 bits per heavy atom. The summed E-state index contributed by atoms with van der Waals surface area (Å²) in [4.78, 5) is 6.33. The van der Waals surface area contributed by atoms with Crippen LogP contribution in [0.15, 0.2) is 29.3 Å². The van der Waals surface area contributed by atoms with Crippen molar-refractivity contribution in [2.24, 2.45) is 4.99 Å². The number of benzene rings is 1. The normalized spacial score (nSPS) is 13.5. The third-order valence-corrected chi connectivity index (χ3v) is 3.06. The summed E-state index contributed by atoms with van der Waals surface area (Å²) >= 11 is 0. The minimum atomic E-state index is -0.213. The lowest BCUT2D eigenvalue weighted by molar-refractivity contribution is 0.297. The van der Waals surface area contributed by atoms with Crippen molar-refractivity contribution in [1.82, 2.24) is 15.5 Å². The number of rotatable bonds is 4. The topological polar surface area (TPSA) is 39.7 Å². The Morgan fingerprint density at radius 1 is 1.23 bits per heavy atom. The van der Waals surface area contributed by atoms with Crippen molar-refractivity contribution in [3.8, 4) is 0 Å². The molecule has 0 amide bonds. The lowest BCUT2D eigenvalue weighted by Crippen LogP contribution is -2.49. The van der Waals surface area contributed by atoms with Crippen LogP contribution in [0.25, 0.3) is 0 Å². The number of guanidine groups is 1. The Morgan fingerprint density at radius 3 is 2.18 bits per heavy atom. The van der Waals surface area contributed by atoms with Gasteiger partial charge in [0.05, 0.1) is 6.04 Å². The minimum Gasteiger partial charge on any atom is -0.354 e. The van der Waals surface area contributed by atoms with E-state index in [-0.39, 0.29) is 41.4 Å². The van der Waals surface area contributed by atoms with Crippen LogP contribution >= 0.6 is 24.0 Å². The van der Waals surface area contributed by atoms with Gasteiger partial charge in [-0.2, -0.15) is 0 Å². The predicted octanol–water partition coefficient (Wildman–Crippen LogP) is 3.01. The molecule has 4 nitrogen and oxygen atoms in total. The lowest BCUT2D eigenvalue weighted by atomic mass is 10.1. The third-order valence-electron chi connectivity index (χ3n) is 3.06. The van der Waals surface area contributed by atoms with Crippen molar-refractivity contribution in [2.75, 3.05) is 27.7 Å². The van der Waals surface area contributed by atoms with Crippen LogP contribution in [-0.2, 0) is 0 Å². The Hall–Kier alpha value is -0.890. The van der Waals surface area contributed by atoms with Gasteiger partial charge in [-0.1, -0.05) is 12.1 Å². The second-order valence-electron chi connectivity index (χ2n) is 6.36. The molecule has 1 rings (SSSR count). The highest BCUT2D eigenvalue weighted by atomic mass is 127. The summed E-state index contributed by atoms with van der Waals surface area (Å²) in [5, 5.41) is 6.65. The van der Waals surface area contributed by atoms with Gasteiger partial charge in [0, 0.05) is 19.1 Å². The first-order chi connectivity index (χ1) is 9.73. The van der Waals surface area contributed by atoms with E-state index in [0.29, 0.717) is 6.54 Å². The number of aliphatic imine (C=N–C) groups is 1. The largest absolute Gasteiger partial charge is 0.354 e. The van der Waals surface area contributed by atoms with E-state index in [0.717, 1.165) is 11.5 Å². The first-order valence-electron chi connectivity index (χ1n) is 7.13. The van der Waals surface area contributed by atoms with Crippen molar-refractivity contribution in [3.05, 3.63) is 35.6 Å². The van der Waals surface area contributed by atoms with E-state index >= 15 is 0 Å². The van der Waals surface area contributed by atoms with Crippen LogP contribution in [0.5, 0.6) is 0 Å². The average molecular weight is 422 g/mol. The maximum Gasteiger partial charge on any atom is 0.191 e. The molecule has 1 aromatic rings. The van der Waals surface area contributed by atoms with Gasteiger partial charge < -0.3 is 15.5 Å². The summed E-state index contributed by atoms with van der Waals surface area (Å²) in [7, 11) is 5.77. The molecule has 1 aromatic carbocycles. The molecule has 0 spiro atoms. The Balaban J connectivity index is 0.00000441. The molecular formula is C16H28FIN4. The van der Waals surface area contributed by atoms with E-state index in [1.54, 1.807) is 7.05 Å². The van der Waals surface area contributed by atoms with Crippen LogP contribution in [0, 0.1) is 5.82 Å². The molecule has 126 valence electrons. The van der Waals surface area contributed by atoms with Gasteiger partial charge in [0.2, 0.25) is 0 Å². The standard InChI is InChI=1S/C16H27FN4.HI/c1-16(2,3)20-15(18-4)19-11-14(21(5)6)12-7-9-13(17)10-8-12;/h7-10,14H,11H2,1-6H3,(H2,18,19,20);1H. The first-order valence-corrected chi connectivity index (χ1v) is 7.13. The zero-order valence-electron chi connectivity index (χ0n) is 14.3. The van der Waals surface area contributed by atoms with Gasteiger partial charge in [-0.15, -0.1) is 24.0 Å². The molecule has 1 atom stereocenters. The quantitative estimate of drug-likeness (QED) is 0.445. The third kappa shape index (κ3) is 7.40. The Kier molecular flexibility index (Phi) is 8.92. The van der Waals surface area contributed by atoms with Gasteiger partial charge in [0.25, 0.3) is 0 Å². The molecule has 0 aliphatic carbocycles. The lowest BCUT2D eigenvalue weighted by Gasteiger charge is -2.28. The van der Waals surface area contributed by atoms with Gasteiger partial charge in [0.15, 0.2) is 5.96 Å². The highest BCUT2D eigenvalue weighted by Crippen LogP contribution is 2.17. The fourth-order valence-corrected chi connectivity index (χ4v) is 2.01. The molecule has 0 saturated carbocycles. The van der Waals surface area contributed by atoms with Crippen molar-refractivity contribution < 1.29 is 4.39 Å². The average Bonchev–Trinajstić information content (AvgIpc) is 2.38. The second-order valence-corrected chi connectivity index (χ2v) is 6.36.